The third kappa shape index (κ3) is 4.14. The zero-order valence-corrected chi connectivity index (χ0v) is 18.3. The number of hydrogen-bond acceptors (Lipinski definition) is 4. The van der Waals surface area contributed by atoms with E-state index in [4.69, 9.17) is 9.72 Å². The Bertz CT molecular complexity index is 1270. The predicted molar refractivity (Wildman–Crippen MR) is 124 cm³/mol. The van der Waals surface area contributed by atoms with Gasteiger partial charge in [-0.05, 0) is 55.7 Å². The molecule has 4 aromatic rings. The van der Waals surface area contributed by atoms with Crippen LogP contribution in [0.2, 0.25) is 0 Å². The number of morpholine rings is 1. The molecule has 1 fully saturated rings. The lowest BCUT2D eigenvalue weighted by atomic mass is 10.0. The Morgan fingerprint density at radius 3 is 2.78 bits per heavy atom. The Morgan fingerprint density at radius 2 is 1.94 bits per heavy atom. The molecule has 32 heavy (non-hydrogen) atoms. The topological polar surface area (TPSA) is 71.1 Å². The second kappa shape index (κ2) is 8.55. The SMILES string of the molecule is Cc1ccc2[nH]nc(C(=O)N3CCO[C@H](c4cc(Cc5ccccc5)cc(C)n4)C3)c2c1. The molecule has 0 bridgehead atoms. The monoisotopic (exact) mass is 426 g/mol. The first-order valence-electron chi connectivity index (χ1n) is 10.9. The Labute approximate surface area is 187 Å². The third-order valence-corrected chi connectivity index (χ3v) is 5.89. The fraction of sp³-hybridized carbons (Fsp3) is 0.269. The first-order valence-corrected chi connectivity index (χ1v) is 10.9. The second-order valence-electron chi connectivity index (χ2n) is 8.44. The van der Waals surface area contributed by atoms with Crippen molar-refractivity contribution in [2.24, 2.45) is 0 Å². The molecule has 0 aliphatic carbocycles. The molecule has 1 saturated heterocycles. The summed E-state index contributed by atoms with van der Waals surface area (Å²) in [6.07, 6.45) is 0.583. The van der Waals surface area contributed by atoms with Crippen LogP contribution < -0.4 is 0 Å². The molecule has 0 radical (unpaired) electrons. The highest BCUT2D eigenvalue weighted by Crippen LogP contribution is 2.26. The molecule has 6 heteroatoms. The van der Waals surface area contributed by atoms with E-state index in [1.807, 2.05) is 43.0 Å². The summed E-state index contributed by atoms with van der Waals surface area (Å²) in [6, 6.07) is 20.6. The minimum atomic E-state index is -0.255. The molecular formula is C26H26N4O2. The molecule has 5 rings (SSSR count). The summed E-state index contributed by atoms with van der Waals surface area (Å²) < 4.78 is 6.04. The largest absolute Gasteiger partial charge is 0.368 e. The van der Waals surface area contributed by atoms with Crippen molar-refractivity contribution in [2.45, 2.75) is 26.4 Å². The van der Waals surface area contributed by atoms with Gasteiger partial charge < -0.3 is 9.64 Å². The predicted octanol–water partition coefficient (Wildman–Crippen LogP) is 4.38. The number of H-pyrrole nitrogens is 1. The van der Waals surface area contributed by atoms with E-state index in [2.05, 4.69) is 46.6 Å². The van der Waals surface area contributed by atoms with Crippen molar-refractivity contribution in [3.05, 3.63) is 94.4 Å². The number of carbonyl (C=O) groups is 1. The van der Waals surface area contributed by atoms with Gasteiger partial charge in [0.25, 0.3) is 5.91 Å². The van der Waals surface area contributed by atoms with E-state index in [1.54, 1.807) is 0 Å². The Hall–Kier alpha value is -3.51. The average Bonchev–Trinajstić information content (AvgIpc) is 3.22. The van der Waals surface area contributed by atoms with E-state index in [-0.39, 0.29) is 12.0 Å². The number of pyridine rings is 1. The van der Waals surface area contributed by atoms with Crippen LogP contribution in [0.25, 0.3) is 10.9 Å². The molecule has 3 heterocycles. The van der Waals surface area contributed by atoms with Crippen LogP contribution in [0.15, 0.2) is 60.7 Å². The molecule has 2 aromatic carbocycles. The maximum atomic E-state index is 13.3. The number of aromatic nitrogens is 3. The van der Waals surface area contributed by atoms with Crippen LogP contribution in [0.5, 0.6) is 0 Å². The summed E-state index contributed by atoms with van der Waals surface area (Å²) in [7, 11) is 0. The van der Waals surface area contributed by atoms with Gasteiger partial charge in [-0.1, -0.05) is 42.0 Å². The number of hydrogen-bond donors (Lipinski definition) is 1. The fourth-order valence-electron chi connectivity index (χ4n) is 4.32. The van der Waals surface area contributed by atoms with Crippen molar-refractivity contribution in [2.75, 3.05) is 19.7 Å². The van der Waals surface area contributed by atoms with E-state index in [0.29, 0.717) is 25.4 Å². The highest BCUT2D eigenvalue weighted by Gasteiger charge is 2.29. The van der Waals surface area contributed by atoms with Gasteiger partial charge in [-0.25, -0.2) is 0 Å². The van der Waals surface area contributed by atoms with E-state index in [1.165, 1.54) is 11.1 Å². The quantitative estimate of drug-likeness (QED) is 0.526. The zero-order valence-electron chi connectivity index (χ0n) is 18.3. The number of carbonyl (C=O) groups excluding carboxylic acids is 1. The second-order valence-corrected chi connectivity index (χ2v) is 8.44. The average molecular weight is 427 g/mol. The fourth-order valence-corrected chi connectivity index (χ4v) is 4.32. The van der Waals surface area contributed by atoms with E-state index < -0.39 is 0 Å². The van der Waals surface area contributed by atoms with Crippen LogP contribution in [0.1, 0.15) is 44.7 Å². The minimum absolute atomic E-state index is 0.0766. The maximum absolute atomic E-state index is 13.3. The van der Waals surface area contributed by atoms with Crippen LogP contribution in [-0.4, -0.2) is 45.7 Å². The smallest absolute Gasteiger partial charge is 0.275 e. The van der Waals surface area contributed by atoms with E-state index in [9.17, 15) is 4.79 Å². The van der Waals surface area contributed by atoms with Gasteiger partial charge in [-0.2, -0.15) is 5.10 Å². The van der Waals surface area contributed by atoms with Crippen molar-refractivity contribution in [1.82, 2.24) is 20.1 Å². The van der Waals surface area contributed by atoms with Crippen LogP contribution in [-0.2, 0) is 11.2 Å². The van der Waals surface area contributed by atoms with E-state index in [0.717, 1.165) is 34.3 Å². The number of aryl methyl sites for hydroxylation is 2. The Kier molecular flexibility index (Phi) is 5.45. The summed E-state index contributed by atoms with van der Waals surface area (Å²) in [5.41, 5.74) is 6.71. The lowest BCUT2D eigenvalue weighted by Crippen LogP contribution is -2.42. The first-order chi connectivity index (χ1) is 15.6. The van der Waals surface area contributed by atoms with Gasteiger partial charge >= 0.3 is 0 Å². The molecule has 0 saturated carbocycles. The lowest BCUT2D eigenvalue weighted by molar-refractivity contribution is -0.0249. The standard InChI is InChI=1S/C26H26N4O2/c1-17-8-9-22-21(12-17)25(29-28-22)26(31)30-10-11-32-24(16-30)23-15-20(13-18(2)27-23)14-19-6-4-3-5-7-19/h3-9,12-13,15,24H,10-11,14,16H2,1-2H3,(H,28,29)/t24-/m0/s1. The highest BCUT2D eigenvalue weighted by atomic mass is 16.5. The summed E-state index contributed by atoms with van der Waals surface area (Å²) in [5.74, 6) is -0.0766. The summed E-state index contributed by atoms with van der Waals surface area (Å²) in [4.78, 5) is 19.9. The minimum Gasteiger partial charge on any atom is -0.368 e. The lowest BCUT2D eigenvalue weighted by Gasteiger charge is -2.32. The van der Waals surface area contributed by atoms with Gasteiger partial charge in [-0.3, -0.25) is 14.9 Å². The molecule has 1 aliphatic heterocycles. The van der Waals surface area contributed by atoms with Crippen molar-refractivity contribution in [3.63, 3.8) is 0 Å². The Morgan fingerprint density at radius 1 is 1.09 bits per heavy atom. The number of nitrogens with one attached hydrogen (secondary N) is 1. The van der Waals surface area contributed by atoms with Crippen molar-refractivity contribution in [3.8, 4) is 0 Å². The van der Waals surface area contributed by atoms with E-state index >= 15 is 0 Å². The molecule has 0 unspecified atom stereocenters. The van der Waals surface area contributed by atoms with Crippen molar-refractivity contribution < 1.29 is 9.53 Å². The molecule has 0 spiro atoms. The van der Waals surface area contributed by atoms with Gasteiger partial charge in [-0.15, -0.1) is 0 Å². The van der Waals surface area contributed by atoms with Crippen molar-refractivity contribution >= 4 is 16.8 Å². The van der Waals surface area contributed by atoms with Gasteiger partial charge in [0, 0.05) is 17.6 Å². The summed E-state index contributed by atoms with van der Waals surface area (Å²) >= 11 is 0. The van der Waals surface area contributed by atoms with Gasteiger partial charge in [0.1, 0.15) is 6.10 Å². The van der Waals surface area contributed by atoms with Gasteiger partial charge in [0.15, 0.2) is 5.69 Å². The van der Waals surface area contributed by atoms with Crippen LogP contribution in [0.4, 0.5) is 0 Å². The molecule has 1 N–H and O–H groups in total. The molecule has 6 nitrogen and oxygen atoms in total. The zero-order chi connectivity index (χ0) is 22.1. The molecule has 162 valence electrons. The van der Waals surface area contributed by atoms with Gasteiger partial charge in [0.2, 0.25) is 0 Å². The highest BCUT2D eigenvalue weighted by molar-refractivity contribution is 6.04. The normalized spacial score (nSPS) is 16.4. The van der Waals surface area contributed by atoms with Gasteiger partial charge in [0.05, 0.1) is 24.4 Å². The summed E-state index contributed by atoms with van der Waals surface area (Å²) in [5, 5.41) is 8.15. The van der Waals surface area contributed by atoms with Crippen LogP contribution in [0.3, 0.4) is 0 Å². The molecule has 1 aliphatic rings. The first kappa shape index (κ1) is 20.4. The third-order valence-electron chi connectivity index (χ3n) is 5.89. The number of rotatable bonds is 4. The molecule has 1 amide bonds. The number of fused-ring (bicyclic) bond motifs is 1. The number of aromatic amines is 1. The maximum Gasteiger partial charge on any atom is 0.275 e. The summed E-state index contributed by atoms with van der Waals surface area (Å²) in [6.45, 7) is 5.49. The van der Waals surface area contributed by atoms with Crippen LogP contribution >= 0.6 is 0 Å². The number of ether oxygens (including phenoxy) is 1. The van der Waals surface area contributed by atoms with Crippen LogP contribution in [0, 0.1) is 13.8 Å². The van der Waals surface area contributed by atoms with Crippen molar-refractivity contribution in [1.29, 1.82) is 0 Å². The molecular weight excluding hydrogens is 400 g/mol. The number of amides is 1. The Balaban J connectivity index is 1.38. The number of benzene rings is 2. The number of nitrogens with zero attached hydrogens (tertiary/aromatic N) is 3. The molecule has 2 aromatic heterocycles. The molecule has 1 atom stereocenters.